The molecule has 4 rings (SSSR count). The first-order valence-electron chi connectivity index (χ1n) is 10.1. The van der Waals surface area contributed by atoms with Crippen LogP contribution in [0.5, 0.6) is 11.5 Å². The molecule has 7 heteroatoms. The molecule has 0 aliphatic heterocycles. The Balaban J connectivity index is 1.30. The quantitative estimate of drug-likeness (QED) is 0.160. The Morgan fingerprint density at radius 2 is 1.64 bits per heavy atom. The molecule has 0 saturated heterocycles. The molecule has 0 spiro atoms. The van der Waals surface area contributed by atoms with E-state index < -0.39 is 11.9 Å². The third-order valence-corrected chi connectivity index (χ3v) is 5.35. The number of hydrazone groups is 1. The summed E-state index contributed by atoms with van der Waals surface area (Å²) in [5, 5.41) is 6.08. The van der Waals surface area contributed by atoms with Crippen LogP contribution in [-0.2, 0) is 4.79 Å². The second kappa shape index (κ2) is 10.6. The summed E-state index contributed by atoms with van der Waals surface area (Å²) >= 11 is 3.34. The first-order valence-corrected chi connectivity index (χ1v) is 10.9. The van der Waals surface area contributed by atoms with Crippen LogP contribution in [0.4, 0.5) is 0 Å². The first-order chi connectivity index (χ1) is 16.1. The van der Waals surface area contributed by atoms with Gasteiger partial charge in [-0.25, -0.2) is 10.2 Å². The van der Waals surface area contributed by atoms with E-state index in [0.29, 0.717) is 27.1 Å². The predicted octanol–water partition coefficient (Wildman–Crippen LogP) is 5.35. The van der Waals surface area contributed by atoms with E-state index in [2.05, 4.69) is 26.5 Å². The third-order valence-electron chi connectivity index (χ3n) is 4.66. The van der Waals surface area contributed by atoms with Gasteiger partial charge in [0.25, 0.3) is 5.91 Å². The molecule has 0 aliphatic carbocycles. The van der Waals surface area contributed by atoms with Gasteiger partial charge in [-0.3, -0.25) is 4.79 Å². The van der Waals surface area contributed by atoms with Crippen LogP contribution in [0.15, 0.2) is 101 Å². The number of carbonyl (C=O) groups is 2. The Hall–Kier alpha value is -3.97. The Bertz CT molecular complexity index is 1340. The zero-order valence-electron chi connectivity index (χ0n) is 17.4. The fourth-order valence-corrected chi connectivity index (χ4v) is 3.51. The van der Waals surface area contributed by atoms with Crippen molar-refractivity contribution in [2.75, 3.05) is 6.61 Å². The molecule has 0 saturated carbocycles. The molecule has 0 unspecified atom stereocenters. The number of hydrogen-bond acceptors (Lipinski definition) is 5. The van der Waals surface area contributed by atoms with Crippen LogP contribution in [0.25, 0.3) is 10.8 Å². The van der Waals surface area contributed by atoms with Crippen molar-refractivity contribution in [2.45, 2.75) is 0 Å². The molecular weight excluding hydrogens is 484 g/mol. The zero-order chi connectivity index (χ0) is 23.0. The molecule has 0 aromatic heterocycles. The number of rotatable bonds is 7. The first kappa shape index (κ1) is 22.2. The Kier molecular flexibility index (Phi) is 7.12. The van der Waals surface area contributed by atoms with Crippen molar-refractivity contribution < 1.29 is 19.1 Å². The number of hydrogen-bond donors (Lipinski definition) is 1. The summed E-state index contributed by atoms with van der Waals surface area (Å²) in [5.74, 6) is 0.102. The van der Waals surface area contributed by atoms with E-state index in [4.69, 9.17) is 9.47 Å². The molecule has 0 fully saturated rings. The maximum atomic E-state index is 12.4. The number of nitrogens with zero attached hydrogens (tertiary/aromatic N) is 1. The number of carbonyl (C=O) groups excluding carboxylic acids is 2. The molecule has 33 heavy (non-hydrogen) atoms. The lowest BCUT2D eigenvalue weighted by Gasteiger charge is -2.07. The van der Waals surface area contributed by atoms with Crippen molar-refractivity contribution >= 4 is 44.8 Å². The van der Waals surface area contributed by atoms with Crippen molar-refractivity contribution in [1.82, 2.24) is 5.43 Å². The lowest BCUT2D eigenvalue weighted by atomic mass is 10.1. The minimum atomic E-state index is -0.476. The summed E-state index contributed by atoms with van der Waals surface area (Å²) in [6, 6.07) is 27.4. The highest BCUT2D eigenvalue weighted by atomic mass is 79.9. The van der Waals surface area contributed by atoms with Crippen molar-refractivity contribution in [3.05, 3.63) is 107 Å². The Morgan fingerprint density at radius 3 is 2.48 bits per heavy atom. The second-order valence-corrected chi connectivity index (χ2v) is 7.89. The summed E-state index contributed by atoms with van der Waals surface area (Å²) in [6.07, 6.45) is 1.46. The van der Waals surface area contributed by atoms with E-state index in [1.807, 2.05) is 48.5 Å². The van der Waals surface area contributed by atoms with Gasteiger partial charge in [-0.15, -0.1) is 0 Å². The normalized spacial score (nSPS) is 10.8. The minimum absolute atomic E-state index is 0.167. The van der Waals surface area contributed by atoms with E-state index in [1.54, 1.807) is 42.5 Å². The van der Waals surface area contributed by atoms with Gasteiger partial charge in [-0.05, 0) is 68.7 Å². The summed E-state index contributed by atoms with van der Waals surface area (Å²) in [7, 11) is 0. The Morgan fingerprint density at radius 1 is 0.848 bits per heavy atom. The molecular formula is C26H19BrN2O4. The van der Waals surface area contributed by atoms with Gasteiger partial charge in [-0.2, -0.15) is 5.10 Å². The van der Waals surface area contributed by atoms with E-state index in [0.717, 1.165) is 10.8 Å². The van der Waals surface area contributed by atoms with Gasteiger partial charge in [0, 0.05) is 4.47 Å². The molecule has 0 heterocycles. The fraction of sp³-hybridized carbons (Fsp3) is 0.0385. The number of esters is 1. The van der Waals surface area contributed by atoms with E-state index in [1.165, 1.54) is 6.21 Å². The van der Waals surface area contributed by atoms with Gasteiger partial charge in [0.1, 0.15) is 11.5 Å². The third kappa shape index (κ3) is 6.05. The summed E-state index contributed by atoms with van der Waals surface area (Å²) in [4.78, 5) is 24.4. The minimum Gasteiger partial charge on any atom is -0.484 e. The SMILES string of the molecule is O=C(COc1ccc2ccccc2c1)NN=Cc1cccc(OC(=O)c2ccccc2Br)c1. The Labute approximate surface area is 199 Å². The molecule has 164 valence electrons. The largest absolute Gasteiger partial charge is 0.484 e. The number of fused-ring (bicyclic) bond motifs is 1. The summed E-state index contributed by atoms with van der Waals surface area (Å²) in [5.41, 5.74) is 3.51. The van der Waals surface area contributed by atoms with E-state index in [9.17, 15) is 9.59 Å². The predicted molar refractivity (Wildman–Crippen MR) is 131 cm³/mol. The number of amides is 1. The second-order valence-electron chi connectivity index (χ2n) is 7.03. The molecule has 0 radical (unpaired) electrons. The molecule has 0 atom stereocenters. The number of halogens is 1. The van der Waals surface area contributed by atoms with Crippen LogP contribution in [-0.4, -0.2) is 24.7 Å². The number of nitrogens with one attached hydrogen (secondary N) is 1. The van der Waals surface area contributed by atoms with Crippen LogP contribution >= 0.6 is 15.9 Å². The van der Waals surface area contributed by atoms with Crippen LogP contribution in [0.2, 0.25) is 0 Å². The zero-order valence-corrected chi connectivity index (χ0v) is 19.0. The van der Waals surface area contributed by atoms with Crippen molar-refractivity contribution in [3.8, 4) is 11.5 Å². The van der Waals surface area contributed by atoms with Crippen LogP contribution in [0, 0.1) is 0 Å². The van der Waals surface area contributed by atoms with Crippen LogP contribution < -0.4 is 14.9 Å². The number of ether oxygens (including phenoxy) is 2. The van der Waals surface area contributed by atoms with Gasteiger partial charge in [0.2, 0.25) is 0 Å². The smallest absolute Gasteiger partial charge is 0.344 e. The topological polar surface area (TPSA) is 77.0 Å². The highest BCUT2D eigenvalue weighted by Gasteiger charge is 2.12. The molecule has 1 amide bonds. The van der Waals surface area contributed by atoms with Gasteiger partial charge >= 0.3 is 5.97 Å². The molecule has 0 bridgehead atoms. The summed E-state index contributed by atoms with van der Waals surface area (Å²) < 4.78 is 11.6. The average Bonchev–Trinajstić information content (AvgIpc) is 2.83. The average molecular weight is 503 g/mol. The highest BCUT2D eigenvalue weighted by molar-refractivity contribution is 9.10. The molecule has 4 aromatic rings. The van der Waals surface area contributed by atoms with Gasteiger partial charge < -0.3 is 9.47 Å². The van der Waals surface area contributed by atoms with Crippen molar-refractivity contribution in [3.63, 3.8) is 0 Å². The fourth-order valence-electron chi connectivity index (χ4n) is 3.06. The van der Waals surface area contributed by atoms with E-state index in [-0.39, 0.29) is 6.61 Å². The van der Waals surface area contributed by atoms with Crippen LogP contribution in [0.1, 0.15) is 15.9 Å². The summed E-state index contributed by atoms with van der Waals surface area (Å²) in [6.45, 7) is -0.167. The van der Waals surface area contributed by atoms with Crippen molar-refractivity contribution in [1.29, 1.82) is 0 Å². The van der Waals surface area contributed by atoms with Gasteiger partial charge in [0.15, 0.2) is 6.61 Å². The van der Waals surface area contributed by atoms with Gasteiger partial charge in [-0.1, -0.05) is 54.6 Å². The molecule has 4 aromatic carbocycles. The van der Waals surface area contributed by atoms with Crippen molar-refractivity contribution in [2.24, 2.45) is 5.10 Å². The number of benzene rings is 4. The molecule has 1 N–H and O–H groups in total. The monoisotopic (exact) mass is 502 g/mol. The lowest BCUT2D eigenvalue weighted by Crippen LogP contribution is -2.24. The lowest BCUT2D eigenvalue weighted by molar-refractivity contribution is -0.123. The highest BCUT2D eigenvalue weighted by Crippen LogP contribution is 2.21. The maximum Gasteiger partial charge on any atom is 0.344 e. The van der Waals surface area contributed by atoms with Crippen LogP contribution in [0.3, 0.4) is 0 Å². The van der Waals surface area contributed by atoms with E-state index >= 15 is 0 Å². The molecule has 6 nitrogen and oxygen atoms in total. The maximum absolute atomic E-state index is 12.4. The molecule has 0 aliphatic rings. The van der Waals surface area contributed by atoms with Gasteiger partial charge in [0.05, 0.1) is 11.8 Å². The standard InChI is InChI=1S/C26H19BrN2O4/c27-24-11-4-3-10-23(24)26(31)33-22-9-5-6-18(14-22)16-28-29-25(30)17-32-21-13-12-19-7-1-2-8-20(19)15-21/h1-16H,17H2,(H,29,30).